The molecule has 0 N–H and O–H groups in total. The van der Waals surface area contributed by atoms with Crippen molar-refractivity contribution in [1.29, 1.82) is 0 Å². The third-order valence-electron chi connectivity index (χ3n) is 4.73. The highest BCUT2D eigenvalue weighted by Gasteiger charge is 2.50. The van der Waals surface area contributed by atoms with E-state index in [1.54, 1.807) is 18.2 Å². The minimum absolute atomic E-state index is 0.225. The SMILES string of the molecule is COC(=O)c1ccc(OCCCB2OC(C)(C)C(C)(C)O2)c(OC)c1. The topological polar surface area (TPSA) is 63.2 Å². The van der Waals surface area contributed by atoms with Gasteiger partial charge in [0.15, 0.2) is 11.5 Å². The quantitative estimate of drug-likeness (QED) is 0.427. The van der Waals surface area contributed by atoms with Gasteiger partial charge in [-0.1, -0.05) is 0 Å². The van der Waals surface area contributed by atoms with Crippen molar-refractivity contribution in [3.05, 3.63) is 23.8 Å². The average molecular weight is 350 g/mol. The first-order chi connectivity index (χ1) is 11.7. The van der Waals surface area contributed by atoms with Crippen LogP contribution in [0, 0.1) is 0 Å². The third kappa shape index (κ3) is 4.47. The number of ether oxygens (including phenoxy) is 3. The summed E-state index contributed by atoms with van der Waals surface area (Å²) >= 11 is 0. The molecule has 1 aromatic carbocycles. The second kappa shape index (κ2) is 7.66. The number of methoxy groups -OCH3 is 2. The largest absolute Gasteiger partial charge is 0.493 e. The summed E-state index contributed by atoms with van der Waals surface area (Å²) in [5.74, 6) is 0.674. The summed E-state index contributed by atoms with van der Waals surface area (Å²) in [4.78, 5) is 11.6. The Hall–Kier alpha value is -1.73. The number of benzene rings is 1. The summed E-state index contributed by atoms with van der Waals surface area (Å²) in [7, 11) is 2.65. The van der Waals surface area contributed by atoms with Gasteiger partial charge in [0.2, 0.25) is 0 Å². The van der Waals surface area contributed by atoms with Crippen molar-refractivity contribution in [2.45, 2.75) is 51.6 Å². The zero-order valence-electron chi connectivity index (χ0n) is 15.9. The molecule has 1 aliphatic rings. The molecular formula is C18H27BO6. The Morgan fingerprint density at radius 3 is 2.28 bits per heavy atom. The molecule has 0 bridgehead atoms. The van der Waals surface area contributed by atoms with Crippen molar-refractivity contribution < 1.29 is 28.3 Å². The predicted octanol–water partition coefficient (Wildman–Crippen LogP) is 3.34. The minimum atomic E-state index is -0.411. The molecule has 1 aromatic rings. The first kappa shape index (κ1) is 19.6. The Kier molecular flexibility index (Phi) is 6.01. The lowest BCUT2D eigenvalue weighted by molar-refractivity contribution is 0.00578. The maximum Gasteiger partial charge on any atom is 0.457 e. The molecule has 1 heterocycles. The van der Waals surface area contributed by atoms with E-state index in [-0.39, 0.29) is 18.3 Å². The molecule has 1 aliphatic heterocycles. The van der Waals surface area contributed by atoms with Crippen LogP contribution < -0.4 is 9.47 Å². The van der Waals surface area contributed by atoms with Gasteiger partial charge in [-0.3, -0.25) is 0 Å². The van der Waals surface area contributed by atoms with E-state index in [4.69, 9.17) is 23.5 Å². The molecule has 0 spiro atoms. The number of carbonyl (C=O) groups excluding carboxylic acids is 1. The van der Waals surface area contributed by atoms with Crippen LogP contribution in [-0.4, -0.2) is 45.1 Å². The van der Waals surface area contributed by atoms with E-state index in [2.05, 4.69) is 0 Å². The predicted molar refractivity (Wildman–Crippen MR) is 95.3 cm³/mol. The Balaban J connectivity index is 1.85. The fraction of sp³-hybridized carbons (Fsp3) is 0.611. The first-order valence-corrected chi connectivity index (χ1v) is 8.45. The normalized spacial score (nSPS) is 18.1. The van der Waals surface area contributed by atoms with Crippen LogP contribution in [0.1, 0.15) is 44.5 Å². The fourth-order valence-corrected chi connectivity index (χ4v) is 2.55. The Labute approximate surface area is 149 Å². The Bertz CT molecular complexity index is 598. The van der Waals surface area contributed by atoms with E-state index < -0.39 is 5.97 Å². The zero-order chi connectivity index (χ0) is 18.7. The zero-order valence-corrected chi connectivity index (χ0v) is 15.9. The second-order valence-electron chi connectivity index (χ2n) is 7.03. The molecule has 0 aliphatic carbocycles. The molecule has 6 nitrogen and oxygen atoms in total. The fourth-order valence-electron chi connectivity index (χ4n) is 2.55. The van der Waals surface area contributed by atoms with Gasteiger partial charge in [0, 0.05) is 0 Å². The molecule has 1 saturated heterocycles. The van der Waals surface area contributed by atoms with Crippen LogP contribution in [0.3, 0.4) is 0 Å². The molecule has 0 amide bonds. The van der Waals surface area contributed by atoms with Crippen LogP contribution in [0.2, 0.25) is 6.32 Å². The number of hydrogen-bond donors (Lipinski definition) is 0. The van der Waals surface area contributed by atoms with E-state index in [0.29, 0.717) is 23.7 Å². The summed E-state index contributed by atoms with van der Waals surface area (Å²) in [6.45, 7) is 8.65. The first-order valence-electron chi connectivity index (χ1n) is 8.45. The van der Waals surface area contributed by atoms with Crippen LogP contribution in [-0.2, 0) is 14.0 Å². The molecule has 0 aromatic heterocycles. The maximum atomic E-state index is 11.6. The molecule has 0 radical (unpaired) electrons. The van der Waals surface area contributed by atoms with Gasteiger partial charge in [0.25, 0.3) is 0 Å². The van der Waals surface area contributed by atoms with Crippen LogP contribution in [0.4, 0.5) is 0 Å². The second-order valence-corrected chi connectivity index (χ2v) is 7.03. The molecule has 1 fully saturated rings. The van der Waals surface area contributed by atoms with Gasteiger partial charge in [0.1, 0.15) is 0 Å². The standard InChI is InChI=1S/C18H27BO6/c1-17(2)18(3,4)25-19(24-17)10-7-11-23-14-9-8-13(16(20)22-6)12-15(14)21-5/h8-9,12H,7,10-11H2,1-6H3. The molecule has 138 valence electrons. The van der Waals surface area contributed by atoms with Gasteiger partial charge in [-0.25, -0.2) is 4.79 Å². The molecule has 0 saturated carbocycles. The summed E-state index contributed by atoms with van der Waals surface area (Å²) in [6.07, 6.45) is 1.52. The lowest BCUT2D eigenvalue weighted by atomic mass is 9.83. The summed E-state index contributed by atoms with van der Waals surface area (Å²) < 4.78 is 27.7. The van der Waals surface area contributed by atoms with Crippen molar-refractivity contribution in [2.75, 3.05) is 20.8 Å². The van der Waals surface area contributed by atoms with Crippen molar-refractivity contribution in [1.82, 2.24) is 0 Å². The minimum Gasteiger partial charge on any atom is -0.493 e. The average Bonchev–Trinajstić information content (AvgIpc) is 2.77. The van der Waals surface area contributed by atoms with Crippen LogP contribution in [0.15, 0.2) is 18.2 Å². The van der Waals surface area contributed by atoms with Crippen LogP contribution >= 0.6 is 0 Å². The smallest absolute Gasteiger partial charge is 0.457 e. The molecule has 25 heavy (non-hydrogen) atoms. The molecule has 0 unspecified atom stereocenters. The summed E-state index contributed by atoms with van der Waals surface area (Å²) in [6, 6.07) is 4.97. The van der Waals surface area contributed by atoms with Gasteiger partial charge in [-0.15, -0.1) is 0 Å². The Morgan fingerprint density at radius 2 is 1.72 bits per heavy atom. The van der Waals surface area contributed by atoms with Crippen molar-refractivity contribution in [3.8, 4) is 11.5 Å². The lowest BCUT2D eigenvalue weighted by Crippen LogP contribution is -2.41. The van der Waals surface area contributed by atoms with Gasteiger partial charge in [0.05, 0.1) is 37.6 Å². The van der Waals surface area contributed by atoms with Gasteiger partial charge >= 0.3 is 13.1 Å². The highest BCUT2D eigenvalue weighted by atomic mass is 16.7. The van der Waals surface area contributed by atoms with Gasteiger partial charge < -0.3 is 23.5 Å². The molecule has 7 heteroatoms. The van der Waals surface area contributed by atoms with E-state index in [0.717, 1.165) is 12.7 Å². The lowest BCUT2D eigenvalue weighted by Gasteiger charge is -2.32. The van der Waals surface area contributed by atoms with E-state index in [1.165, 1.54) is 14.2 Å². The summed E-state index contributed by atoms with van der Waals surface area (Å²) in [5.41, 5.74) is -0.208. The van der Waals surface area contributed by atoms with Crippen LogP contribution in [0.25, 0.3) is 0 Å². The van der Waals surface area contributed by atoms with Crippen LogP contribution in [0.5, 0.6) is 11.5 Å². The van der Waals surface area contributed by atoms with E-state index >= 15 is 0 Å². The highest BCUT2D eigenvalue weighted by molar-refractivity contribution is 6.45. The molecule has 0 atom stereocenters. The number of hydrogen-bond acceptors (Lipinski definition) is 6. The Morgan fingerprint density at radius 1 is 1.08 bits per heavy atom. The highest BCUT2D eigenvalue weighted by Crippen LogP contribution is 2.38. The van der Waals surface area contributed by atoms with Gasteiger partial charge in [-0.2, -0.15) is 0 Å². The number of rotatable bonds is 7. The van der Waals surface area contributed by atoms with E-state index in [9.17, 15) is 4.79 Å². The number of carbonyl (C=O) groups is 1. The monoisotopic (exact) mass is 350 g/mol. The van der Waals surface area contributed by atoms with Gasteiger partial charge in [-0.05, 0) is 58.6 Å². The van der Waals surface area contributed by atoms with Crippen molar-refractivity contribution >= 4 is 13.1 Å². The van der Waals surface area contributed by atoms with Crippen molar-refractivity contribution in [2.24, 2.45) is 0 Å². The van der Waals surface area contributed by atoms with E-state index in [1.807, 2.05) is 27.7 Å². The maximum absolute atomic E-state index is 11.6. The summed E-state index contributed by atoms with van der Waals surface area (Å²) in [5, 5.41) is 0. The van der Waals surface area contributed by atoms with Crippen molar-refractivity contribution in [3.63, 3.8) is 0 Å². The molecule has 2 rings (SSSR count). The number of esters is 1. The third-order valence-corrected chi connectivity index (χ3v) is 4.73. The molecular weight excluding hydrogens is 323 g/mol.